The second-order valence-electron chi connectivity index (χ2n) is 6.87. The molecule has 0 bridgehead atoms. The van der Waals surface area contributed by atoms with Crippen molar-refractivity contribution in [2.75, 3.05) is 19.9 Å². The van der Waals surface area contributed by atoms with Crippen molar-refractivity contribution in [2.24, 2.45) is 0 Å². The van der Waals surface area contributed by atoms with Crippen molar-refractivity contribution in [2.45, 2.75) is 25.5 Å². The summed E-state index contributed by atoms with van der Waals surface area (Å²) < 4.78 is 12.9. The number of aliphatic hydroxyl groups excluding tert-OH is 1. The lowest BCUT2D eigenvalue weighted by Gasteiger charge is -2.31. The van der Waals surface area contributed by atoms with Crippen molar-refractivity contribution in [3.63, 3.8) is 0 Å². The van der Waals surface area contributed by atoms with Crippen molar-refractivity contribution >= 4 is 11.0 Å². The Hall–Kier alpha value is -2.57. The van der Waals surface area contributed by atoms with Gasteiger partial charge in [-0.3, -0.25) is 9.47 Å². The van der Waals surface area contributed by atoms with Crippen LogP contribution in [0.2, 0.25) is 0 Å². The lowest BCUT2D eigenvalue weighted by molar-refractivity contribution is -0.00974. The molecule has 1 unspecified atom stereocenters. The van der Waals surface area contributed by atoms with E-state index < -0.39 is 6.23 Å². The van der Waals surface area contributed by atoms with Crippen LogP contribution in [-0.2, 0) is 0 Å². The predicted molar refractivity (Wildman–Crippen MR) is 97.6 cm³/mol. The number of hydrogen-bond acceptors (Lipinski definition) is 5. The molecule has 1 N–H and O–H groups in total. The van der Waals surface area contributed by atoms with Crippen molar-refractivity contribution < 1.29 is 14.6 Å². The number of rotatable bonds is 3. The maximum atomic E-state index is 10.7. The molecule has 0 amide bonds. The van der Waals surface area contributed by atoms with Crippen molar-refractivity contribution in [1.82, 2.24) is 14.5 Å². The first-order chi connectivity index (χ1) is 12.8. The van der Waals surface area contributed by atoms with Crippen LogP contribution in [-0.4, -0.2) is 39.4 Å². The Bertz CT molecular complexity index is 947. The summed E-state index contributed by atoms with van der Waals surface area (Å²) in [5, 5.41) is 10.7. The van der Waals surface area contributed by atoms with Crippen LogP contribution in [0.4, 0.5) is 0 Å². The van der Waals surface area contributed by atoms with Crippen LogP contribution >= 0.6 is 0 Å². The van der Waals surface area contributed by atoms with Crippen LogP contribution in [0.25, 0.3) is 16.7 Å². The Kier molecular flexibility index (Phi) is 3.80. The minimum atomic E-state index is -0.560. The quantitative estimate of drug-likeness (QED) is 0.785. The summed E-state index contributed by atoms with van der Waals surface area (Å²) in [5.41, 5.74) is 3.74. The summed E-state index contributed by atoms with van der Waals surface area (Å²) in [5.74, 6) is 1.52. The second kappa shape index (κ2) is 6.30. The van der Waals surface area contributed by atoms with E-state index >= 15 is 0 Å². The van der Waals surface area contributed by atoms with Gasteiger partial charge in [-0.05, 0) is 42.7 Å². The minimum absolute atomic E-state index is 0.265. The zero-order valence-corrected chi connectivity index (χ0v) is 14.5. The number of benzene rings is 2. The van der Waals surface area contributed by atoms with E-state index in [4.69, 9.17) is 9.47 Å². The zero-order chi connectivity index (χ0) is 17.5. The molecule has 3 heterocycles. The number of likely N-dealkylation sites (tertiary alicyclic amines) is 1. The van der Waals surface area contributed by atoms with Gasteiger partial charge in [-0.1, -0.05) is 12.5 Å². The molecule has 6 heteroatoms. The third-order valence-corrected chi connectivity index (χ3v) is 5.24. The highest BCUT2D eigenvalue weighted by atomic mass is 16.7. The Balaban J connectivity index is 1.48. The van der Waals surface area contributed by atoms with E-state index in [1.807, 2.05) is 41.0 Å². The van der Waals surface area contributed by atoms with Gasteiger partial charge in [-0.2, -0.15) is 0 Å². The molecule has 5 rings (SSSR count). The second-order valence-corrected chi connectivity index (χ2v) is 6.87. The van der Waals surface area contributed by atoms with E-state index in [-0.39, 0.29) is 6.79 Å². The summed E-state index contributed by atoms with van der Waals surface area (Å²) in [4.78, 5) is 6.68. The number of piperidine rings is 1. The Morgan fingerprint density at radius 2 is 1.81 bits per heavy atom. The largest absolute Gasteiger partial charge is 0.454 e. The molecular weight excluding hydrogens is 330 g/mol. The number of hydrogen-bond donors (Lipinski definition) is 1. The Morgan fingerprint density at radius 3 is 2.69 bits per heavy atom. The molecule has 0 saturated carbocycles. The summed E-state index contributed by atoms with van der Waals surface area (Å²) in [6.45, 7) is 2.16. The summed E-state index contributed by atoms with van der Waals surface area (Å²) in [6, 6.07) is 11.9. The first-order valence-electron chi connectivity index (χ1n) is 9.09. The van der Waals surface area contributed by atoms with E-state index in [0.717, 1.165) is 59.7 Å². The molecule has 0 aliphatic carbocycles. The highest BCUT2D eigenvalue weighted by Gasteiger charge is 2.21. The van der Waals surface area contributed by atoms with Crippen molar-refractivity contribution in [3.05, 3.63) is 48.3 Å². The highest BCUT2D eigenvalue weighted by Crippen LogP contribution is 2.34. The molecule has 3 aromatic rings. The molecule has 1 atom stereocenters. The SMILES string of the molecule is OC(c1ccc2c(c1)ncn2-c1ccc2c(c1)OCO2)N1CCCCC1. The molecule has 6 nitrogen and oxygen atoms in total. The van der Waals surface area contributed by atoms with Gasteiger partial charge < -0.3 is 14.6 Å². The number of aliphatic hydroxyl groups is 1. The molecule has 2 aliphatic rings. The number of fused-ring (bicyclic) bond motifs is 2. The lowest BCUT2D eigenvalue weighted by atomic mass is 10.1. The first-order valence-corrected chi connectivity index (χ1v) is 9.09. The van der Waals surface area contributed by atoms with Crippen molar-refractivity contribution in [3.8, 4) is 17.2 Å². The number of imidazole rings is 1. The summed E-state index contributed by atoms with van der Waals surface area (Å²) in [6.07, 6.45) is 4.80. The molecule has 26 heavy (non-hydrogen) atoms. The third-order valence-electron chi connectivity index (χ3n) is 5.24. The zero-order valence-electron chi connectivity index (χ0n) is 14.5. The fourth-order valence-electron chi connectivity index (χ4n) is 3.80. The Labute approximate surface area is 151 Å². The number of nitrogens with zero attached hydrogens (tertiary/aromatic N) is 3. The summed E-state index contributed by atoms with van der Waals surface area (Å²) >= 11 is 0. The molecule has 1 saturated heterocycles. The molecule has 2 aromatic carbocycles. The maximum absolute atomic E-state index is 10.7. The number of aromatic nitrogens is 2. The van der Waals surface area contributed by atoms with Crippen LogP contribution in [0.3, 0.4) is 0 Å². The van der Waals surface area contributed by atoms with Gasteiger partial charge in [0.2, 0.25) is 6.79 Å². The van der Waals surface area contributed by atoms with Crippen LogP contribution in [0, 0.1) is 0 Å². The molecule has 0 radical (unpaired) electrons. The van der Waals surface area contributed by atoms with Gasteiger partial charge >= 0.3 is 0 Å². The smallest absolute Gasteiger partial charge is 0.231 e. The molecule has 134 valence electrons. The van der Waals surface area contributed by atoms with Crippen LogP contribution < -0.4 is 9.47 Å². The van der Waals surface area contributed by atoms with E-state index in [0.29, 0.717) is 0 Å². The van der Waals surface area contributed by atoms with Gasteiger partial charge in [0.15, 0.2) is 11.5 Å². The van der Waals surface area contributed by atoms with Crippen molar-refractivity contribution in [1.29, 1.82) is 0 Å². The highest BCUT2D eigenvalue weighted by molar-refractivity contribution is 5.78. The third kappa shape index (κ3) is 2.62. The van der Waals surface area contributed by atoms with Gasteiger partial charge in [0.1, 0.15) is 12.6 Å². The van der Waals surface area contributed by atoms with E-state index in [1.54, 1.807) is 6.33 Å². The normalized spacial score (nSPS) is 18.3. The predicted octanol–water partition coefficient (Wildman–Crippen LogP) is 3.23. The van der Waals surface area contributed by atoms with E-state index in [2.05, 4.69) is 9.88 Å². The average Bonchev–Trinajstić information content (AvgIpc) is 3.33. The fourth-order valence-corrected chi connectivity index (χ4v) is 3.80. The van der Waals surface area contributed by atoms with Gasteiger partial charge in [-0.15, -0.1) is 0 Å². The molecule has 1 aromatic heterocycles. The molecular formula is C20H21N3O3. The molecule has 0 spiro atoms. The topological polar surface area (TPSA) is 59.8 Å². The molecule has 1 fully saturated rings. The average molecular weight is 351 g/mol. The molecule has 2 aliphatic heterocycles. The van der Waals surface area contributed by atoms with Gasteiger partial charge in [-0.25, -0.2) is 4.98 Å². The standard InChI is InChI=1S/C20H21N3O3/c24-20(22-8-2-1-3-9-22)14-4-6-17-16(10-14)21-12-23(17)15-5-7-18-19(11-15)26-13-25-18/h4-7,10-12,20,24H,1-3,8-9,13H2. The van der Waals surface area contributed by atoms with E-state index in [1.165, 1.54) is 6.42 Å². The van der Waals surface area contributed by atoms with Gasteiger partial charge in [0.25, 0.3) is 0 Å². The summed E-state index contributed by atoms with van der Waals surface area (Å²) in [7, 11) is 0. The van der Waals surface area contributed by atoms with Gasteiger partial charge in [0.05, 0.1) is 16.7 Å². The van der Waals surface area contributed by atoms with Crippen LogP contribution in [0.5, 0.6) is 11.5 Å². The van der Waals surface area contributed by atoms with Crippen LogP contribution in [0.1, 0.15) is 31.1 Å². The minimum Gasteiger partial charge on any atom is -0.454 e. The van der Waals surface area contributed by atoms with Gasteiger partial charge in [0, 0.05) is 19.2 Å². The lowest BCUT2D eigenvalue weighted by Crippen LogP contribution is -2.33. The maximum Gasteiger partial charge on any atom is 0.231 e. The monoisotopic (exact) mass is 351 g/mol. The van der Waals surface area contributed by atoms with Crippen LogP contribution in [0.15, 0.2) is 42.7 Å². The van der Waals surface area contributed by atoms with E-state index in [9.17, 15) is 5.11 Å². The Morgan fingerprint density at radius 1 is 0.962 bits per heavy atom. The fraction of sp³-hybridized carbons (Fsp3) is 0.350. The first kappa shape index (κ1) is 15.7. The number of ether oxygens (including phenoxy) is 2.